The van der Waals surface area contributed by atoms with E-state index < -0.39 is 10.0 Å². The van der Waals surface area contributed by atoms with E-state index in [-0.39, 0.29) is 29.6 Å². The molecule has 0 saturated carbocycles. The Hall–Kier alpha value is -3.20. The number of benzene rings is 2. The summed E-state index contributed by atoms with van der Waals surface area (Å²) in [7, 11) is -2.20. The Morgan fingerprint density at radius 1 is 1.10 bits per heavy atom. The lowest BCUT2D eigenvalue weighted by Gasteiger charge is -2.22. The van der Waals surface area contributed by atoms with E-state index in [0.29, 0.717) is 18.7 Å². The number of amides is 1. The van der Waals surface area contributed by atoms with E-state index in [1.54, 1.807) is 36.4 Å². The van der Waals surface area contributed by atoms with Gasteiger partial charge in [-0.05, 0) is 55.8 Å². The smallest absolute Gasteiger partial charge is 0.285 e. The topological polar surface area (TPSA) is 91.6 Å². The molecular formula is C22H26N4O4S. The maximum Gasteiger partial charge on any atom is 0.285 e. The molecule has 0 radical (unpaired) electrons. The molecule has 0 unspecified atom stereocenters. The first-order valence-electron chi connectivity index (χ1n) is 10.1. The minimum absolute atomic E-state index is 0.0237. The Balaban J connectivity index is 1.91. The first-order chi connectivity index (χ1) is 14.9. The average molecular weight is 443 g/mol. The number of carbonyl (C=O) groups excluding carboxylic acids is 1. The summed E-state index contributed by atoms with van der Waals surface area (Å²) in [5.74, 6) is 0.913. The van der Waals surface area contributed by atoms with Crippen molar-refractivity contribution >= 4 is 28.0 Å². The van der Waals surface area contributed by atoms with Crippen LogP contribution in [0.4, 0.5) is 0 Å². The van der Waals surface area contributed by atoms with E-state index in [9.17, 15) is 13.2 Å². The van der Waals surface area contributed by atoms with Crippen molar-refractivity contribution in [2.75, 3.05) is 26.7 Å². The van der Waals surface area contributed by atoms with Crippen molar-refractivity contribution in [1.82, 2.24) is 9.91 Å². The fourth-order valence-corrected chi connectivity index (χ4v) is 4.46. The lowest BCUT2D eigenvalue weighted by atomic mass is 10.2. The van der Waals surface area contributed by atoms with E-state index in [1.165, 1.54) is 11.1 Å². The fraction of sp³-hybridized carbons (Fsp3) is 0.318. The Morgan fingerprint density at radius 2 is 1.77 bits per heavy atom. The van der Waals surface area contributed by atoms with Gasteiger partial charge in [-0.3, -0.25) is 4.79 Å². The first kappa shape index (κ1) is 22.5. The number of fused-ring (bicyclic) bond motifs is 1. The zero-order chi connectivity index (χ0) is 22.4. The van der Waals surface area contributed by atoms with Gasteiger partial charge in [0.2, 0.25) is 5.91 Å². The standard InChI is InChI=1S/C22H26N4O4S/c1-4-25(5-2)21(27)14-15-26(23-16-17-10-12-18(30-3)13-11-17)22-19-8-6-7-9-20(19)31(28,29)24-22/h6-13,16H,4-5,14-15H2,1-3H3/b23-16+. The zero-order valence-electron chi connectivity index (χ0n) is 17.9. The van der Waals surface area contributed by atoms with E-state index in [2.05, 4.69) is 9.50 Å². The van der Waals surface area contributed by atoms with Gasteiger partial charge in [0.05, 0.1) is 19.9 Å². The number of sulfonamides is 1. The second kappa shape index (κ2) is 9.74. The Bertz CT molecular complexity index is 1090. The van der Waals surface area contributed by atoms with Crippen LogP contribution in [0.25, 0.3) is 0 Å². The molecule has 2 aromatic rings. The number of methoxy groups -OCH3 is 1. The lowest BCUT2D eigenvalue weighted by Crippen LogP contribution is -2.35. The largest absolute Gasteiger partial charge is 0.497 e. The summed E-state index contributed by atoms with van der Waals surface area (Å²) in [5, 5.41) is 5.96. The summed E-state index contributed by atoms with van der Waals surface area (Å²) in [6, 6.07) is 13.9. The van der Waals surface area contributed by atoms with Crippen LogP contribution in [-0.4, -0.2) is 63.0 Å². The maximum atomic E-state index is 12.5. The molecule has 1 amide bonds. The van der Waals surface area contributed by atoms with Crippen LogP contribution in [0, 0.1) is 0 Å². The number of hydrazone groups is 1. The van der Waals surface area contributed by atoms with Crippen molar-refractivity contribution < 1.29 is 17.9 Å². The molecule has 3 rings (SSSR count). The summed E-state index contributed by atoms with van der Waals surface area (Å²) >= 11 is 0. The van der Waals surface area contributed by atoms with Crippen molar-refractivity contribution in [3.05, 3.63) is 59.7 Å². The highest BCUT2D eigenvalue weighted by Gasteiger charge is 2.32. The molecule has 0 fully saturated rings. The summed E-state index contributed by atoms with van der Waals surface area (Å²) in [5.41, 5.74) is 1.28. The van der Waals surface area contributed by atoms with Crippen LogP contribution in [0.1, 0.15) is 31.4 Å². The molecule has 0 aromatic heterocycles. The first-order valence-corrected chi connectivity index (χ1v) is 11.5. The van der Waals surface area contributed by atoms with E-state index in [1.807, 2.05) is 38.1 Å². The average Bonchev–Trinajstić information content (AvgIpc) is 3.06. The predicted molar refractivity (Wildman–Crippen MR) is 120 cm³/mol. The molecular weight excluding hydrogens is 416 g/mol. The third-order valence-electron chi connectivity index (χ3n) is 4.97. The molecule has 0 bridgehead atoms. The quantitative estimate of drug-likeness (QED) is 0.463. The Morgan fingerprint density at radius 3 is 2.42 bits per heavy atom. The van der Waals surface area contributed by atoms with Crippen molar-refractivity contribution in [1.29, 1.82) is 0 Å². The van der Waals surface area contributed by atoms with Gasteiger partial charge in [0, 0.05) is 25.1 Å². The van der Waals surface area contributed by atoms with Crippen molar-refractivity contribution in [3.63, 3.8) is 0 Å². The number of hydrogen-bond donors (Lipinski definition) is 0. The SMILES string of the molecule is CCN(CC)C(=O)CCN(/N=C/c1ccc(OC)cc1)C1=NS(=O)(=O)c2ccccc21. The third kappa shape index (κ3) is 5.11. The van der Waals surface area contributed by atoms with E-state index >= 15 is 0 Å². The van der Waals surface area contributed by atoms with Gasteiger partial charge in [-0.15, -0.1) is 4.40 Å². The summed E-state index contributed by atoms with van der Waals surface area (Å²) < 4.78 is 34.1. The number of ether oxygens (including phenoxy) is 1. The van der Waals surface area contributed by atoms with Crippen LogP contribution in [0.2, 0.25) is 0 Å². The Kier molecular flexibility index (Phi) is 7.06. The minimum Gasteiger partial charge on any atom is -0.497 e. The van der Waals surface area contributed by atoms with Gasteiger partial charge < -0.3 is 9.64 Å². The van der Waals surface area contributed by atoms with E-state index in [0.717, 1.165) is 11.3 Å². The van der Waals surface area contributed by atoms with Gasteiger partial charge in [-0.1, -0.05) is 12.1 Å². The van der Waals surface area contributed by atoms with Crippen molar-refractivity contribution in [2.24, 2.45) is 9.50 Å². The molecule has 0 spiro atoms. The summed E-state index contributed by atoms with van der Waals surface area (Å²) in [6.07, 6.45) is 1.79. The van der Waals surface area contributed by atoms with Gasteiger partial charge in [0.15, 0.2) is 5.84 Å². The molecule has 1 heterocycles. The zero-order valence-corrected chi connectivity index (χ0v) is 18.7. The molecule has 0 N–H and O–H groups in total. The predicted octanol–water partition coefficient (Wildman–Crippen LogP) is 2.74. The number of hydrogen-bond acceptors (Lipinski definition) is 6. The summed E-state index contributed by atoms with van der Waals surface area (Å²) in [4.78, 5) is 14.4. The highest BCUT2D eigenvalue weighted by atomic mass is 32.2. The van der Waals surface area contributed by atoms with Crippen LogP contribution < -0.4 is 4.74 Å². The molecule has 2 aromatic carbocycles. The van der Waals surface area contributed by atoms with E-state index in [4.69, 9.17) is 4.74 Å². The normalized spacial score (nSPS) is 14.2. The van der Waals surface area contributed by atoms with Gasteiger partial charge >= 0.3 is 0 Å². The van der Waals surface area contributed by atoms with Gasteiger partial charge in [-0.2, -0.15) is 13.5 Å². The molecule has 0 aliphatic carbocycles. The number of nitrogens with zero attached hydrogens (tertiary/aromatic N) is 4. The van der Waals surface area contributed by atoms with Crippen LogP contribution in [-0.2, 0) is 14.8 Å². The third-order valence-corrected chi connectivity index (χ3v) is 6.30. The molecule has 0 saturated heterocycles. The lowest BCUT2D eigenvalue weighted by molar-refractivity contribution is -0.130. The minimum atomic E-state index is -3.80. The maximum absolute atomic E-state index is 12.5. The van der Waals surface area contributed by atoms with Gasteiger partial charge in [0.1, 0.15) is 10.6 Å². The van der Waals surface area contributed by atoms with Gasteiger partial charge in [0.25, 0.3) is 10.0 Å². The van der Waals surface area contributed by atoms with Crippen LogP contribution >= 0.6 is 0 Å². The highest BCUT2D eigenvalue weighted by Crippen LogP contribution is 2.27. The monoisotopic (exact) mass is 442 g/mol. The molecule has 1 aliphatic heterocycles. The van der Waals surface area contributed by atoms with Crippen molar-refractivity contribution in [3.8, 4) is 5.75 Å². The second-order valence-electron chi connectivity index (χ2n) is 6.84. The summed E-state index contributed by atoms with van der Waals surface area (Å²) in [6.45, 7) is 5.27. The second-order valence-corrected chi connectivity index (χ2v) is 8.42. The Labute approximate surface area is 182 Å². The fourth-order valence-electron chi connectivity index (χ4n) is 3.26. The molecule has 0 atom stereocenters. The highest BCUT2D eigenvalue weighted by molar-refractivity contribution is 7.90. The molecule has 1 aliphatic rings. The molecule has 9 heteroatoms. The number of rotatable bonds is 8. The van der Waals surface area contributed by atoms with Crippen LogP contribution in [0.5, 0.6) is 5.75 Å². The number of amidine groups is 1. The number of carbonyl (C=O) groups is 1. The van der Waals surface area contributed by atoms with Crippen LogP contribution in [0.15, 0.2) is 62.9 Å². The van der Waals surface area contributed by atoms with Crippen LogP contribution in [0.3, 0.4) is 0 Å². The van der Waals surface area contributed by atoms with Gasteiger partial charge in [-0.25, -0.2) is 5.01 Å². The molecule has 164 valence electrons. The van der Waals surface area contributed by atoms with Crippen molar-refractivity contribution in [2.45, 2.75) is 25.2 Å². The molecule has 31 heavy (non-hydrogen) atoms. The molecule has 8 nitrogen and oxygen atoms in total.